The first kappa shape index (κ1) is 26.0. The lowest BCUT2D eigenvalue weighted by atomic mass is 9.44. The molecule has 1 aromatic heterocycles. The van der Waals surface area contributed by atoms with Crippen LogP contribution < -0.4 is 10.1 Å². The minimum absolute atomic E-state index is 0.0398. The number of benzene rings is 1. The van der Waals surface area contributed by atoms with Gasteiger partial charge in [0.15, 0.2) is 10.8 Å². The number of aliphatic hydroxyl groups is 2. The van der Waals surface area contributed by atoms with Gasteiger partial charge in [-0.25, -0.2) is 9.37 Å². The summed E-state index contributed by atoms with van der Waals surface area (Å²) in [6.07, 6.45) is 8.36. The third-order valence-electron chi connectivity index (χ3n) is 10.8. The standard InChI is InChI=1S/C31H39FN2O3S/c1-19-15-24-23-13-10-21-7-5-6-14-28(21,2)30(23,32)26(35)16-29(24,3)31(19,36)25-18-38-27(34-25)33-17-20-8-11-22(37-4)12-9-20/h6-9,11-12,14,18-19,23-24,26,35-36H,5,10,13,15-17H2,1-4H3,(H,33,34). The number of nitrogens with one attached hydrogen (secondary N) is 1. The van der Waals surface area contributed by atoms with Gasteiger partial charge in [-0.3, -0.25) is 0 Å². The normalized spacial score (nSPS) is 41.6. The molecule has 8 unspecified atom stereocenters. The Morgan fingerprint density at radius 2 is 1.97 bits per heavy atom. The van der Waals surface area contributed by atoms with Crippen LogP contribution in [0.1, 0.15) is 64.1 Å². The van der Waals surface area contributed by atoms with Crippen molar-refractivity contribution < 1.29 is 19.3 Å². The fourth-order valence-corrected chi connectivity index (χ4v) is 9.44. The van der Waals surface area contributed by atoms with E-state index in [1.807, 2.05) is 48.7 Å². The molecule has 0 radical (unpaired) electrons. The Labute approximate surface area is 228 Å². The van der Waals surface area contributed by atoms with Crippen molar-refractivity contribution >= 4 is 16.5 Å². The third kappa shape index (κ3) is 3.37. The van der Waals surface area contributed by atoms with E-state index in [2.05, 4.69) is 25.2 Å². The lowest BCUT2D eigenvalue weighted by molar-refractivity contribution is -0.223. The first-order valence-electron chi connectivity index (χ1n) is 13.9. The number of anilines is 1. The first-order valence-corrected chi connectivity index (χ1v) is 14.7. The van der Waals surface area contributed by atoms with Crippen molar-refractivity contribution in [3.8, 4) is 5.75 Å². The highest BCUT2D eigenvalue weighted by atomic mass is 32.1. The fraction of sp³-hybridized carbons (Fsp3) is 0.581. The van der Waals surface area contributed by atoms with Crippen molar-refractivity contribution in [2.45, 2.75) is 76.8 Å². The monoisotopic (exact) mass is 538 g/mol. The molecule has 0 aliphatic heterocycles. The molecule has 0 bridgehead atoms. The molecular formula is C31H39FN2O3S. The Balaban J connectivity index is 1.29. The summed E-state index contributed by atoms with van der Waals surface area (Å²) in [6.45, 7) is 6.71. The maximum absolute atomic E-state index is 17.4. The zero-order chi connectivity index (χ0) is 26.9. The number of hydrogen-bond donors (Lipinski definition) is 3. The molecule has 8 atom stereocenters. The number of thiazole rings is 1. The molecule has 3 fully saturated rings. The molecule has 1 aromatic carbocycles. The lowest BCUT2D eigenvalue weighted by Crippen LogP contribution is -2.67. The topological polar surface area (TPSA) is 74.6 Å². The van der Waals surface area contributed by atoms with Gasteiger partial charge in [0, 0.05) is 28.7 Å². The van der Waals surface area contributed by atoms with E-state index in [0.29, 0.717) is 18.7 Å². The number of fused-ring (bicyclic) bond motifs is 5. The molecule has 0 saturated heterocycles. The van der Waals surface area contributed by atoms with Gasteiger partial charge < -0.3 is 20.3 Å². The van der Waals surface area contributed by atoms with Crippen molar-refractivity contribution in [1.82, 2.24) is 4.98 Å². The van der Waals surface area contributed by atoms with Gasteiger partial charge >= 0.3 is 0 Å². The van der Waals surface area contributed by atoms with Gasteiger partial charge in [0.25, 0.3) is 0 Å². The molecule has 3 saturated carbocycles. The predicted molar refractivity (Wildman–Crippen MR) is 149 cm³/mol. The SMILES string of the molecule is COc1ccc(CNc2nc(C3(O)C(C)CC4C5CCC6=CCC=CC6(C)C5(F)C(O)CC43C)cs2)cc1. The van der Waals surface area contributed by atoms with Crippen molar-refractivity contribution in [1.29, 1.82) is 0 Å². The zero-order valence-electron chi connectivity index (χ0n) is 22.7. The first-order chi connectivity index (χ1) is 18.1. The number of halogens is 1. The summed E-state index contributed by atoms with van der Waals surface area (Å²) in [5.74, 6) is 0.359. The van der Waals surface area contributed by atoms with E-state index in [4.69, 9.17) is 9.72 Å². The van der Waals surface area contributed by atoms with Gasteiger partial charge in [0.1, 0.15) is 11.4 Å². The largest absolute Gasteiger partial charge is 0.497 e. The number of allylic oxidation sites excluding steroid dienone is 4. The van der Waals surface area contributed by atoms with Crippen LogP contribution in [0.3, 0.4) is 0 Å². The molecule has 38 heavy (non-hydrogen) atoms. The molecule has 0 amide bonds. The summed E-state index contributed by atoms with van der Waals surface area (Å²) in [6, 6.07) is 7.89. The van der Waals surface area contributed by atoms with Gasteiger partial charge in [0.05, 0.1) is 18.9 Å². The maximum atomic E-state index is 17.4. The summed E-state index contributed by atoms with van der Waals surface area (Å²) >= 11 is 1.48. The quantitative estimate of drug-likeness (QED) is 0.385. The highest BCUT2D eigenvalue weighted by Crippen LogP contribution is 2.72. The van der Waals surface area contributed by atoms with Crippen molar-refractivity contribution in [3.63, 3.8) is 0 Å². The minimum Gasteiger partial charge on any atom is -0.497 e. The third-order valence-corrected chi connectivity index (χ3v) is 11.6. The second-order valence-corrected chi connectivity index (χ2v) is 13.2. The van der Waals surface area contributed by atoms with E-state index in [-0.39, 0.29) is 24.2 Å². The van der Waals surface area contributed by atoms with Crippen molar-refractivity contribution in [2.24, 2.45) is 28.6 Å². The Kier molecular flexibility index (Phi) is 6.10. The zero-order valence-corrected chi connectivity index (χ0v) is 23.5. The van der Waals surface area contributed by atoms with Crippen LogP contribution in [0, 0.1) is 28.6 Å². The maximum Gasteiger partial charge on any atom is 0.183 e. The smallest absolute Gasteiger partial charge is 0.183 e. The summed E-state index contributed by atoms with van der Waals surface area (Å²) in [7, 11) is 1.65. The van der Waals surface area contributed by atoms with Crippen LogP contribution in [0.4, 0.5) is 9.52 Å². The second kappa shape index (κ2) is 8.90. The van der Waals surface area contributed by atoms with E-state index >= 15 is 4.39 Å². The van der Waals surface area contributed by atoms with Gasteiger partial charge in [-0.2, -0.15) is 0 Å². The number of rotatable bonds is 5. The molecule has 204 valence electrons. The highest BCUT2D eigenvalue weighted by molar-refractivity contribution is 7.13. The number of hydrogen-bond acceptors (Lipinski definition) is 6. The number of alkyl halides is 1. The molecule has 4 aliphatic carbocycles. The summed E-state index contributed by atoms with van der Waals surface area (Å²) in [4.78, 5) is 4.86. The highest BCUT2D eigenvalue weighted by Gasteiger charge is 2.74. The van der Waals surface area contributed by atoms with Crippen LogP contribution in [-0.2, 0) is 12.1 Å². The number of aromatic nitrogens is 1. The van der Waals surface area contributed by atoms with Crippen LogP contribution in [0.25, 0.3) is 0 Å². The van der Waals surface area contributed by atoms with Crippen LogP contribution in [0.15, 0.2) is 53.4 Å². The van der Waals surface area contributed by atoms with Crippen LogP contribution in [0.2, 0.25) is 0 Å². The van der Waals surface area contributed by atoms with Gasteiger partial charge in [0.2, 0.25) is 0 Å². The predicted octanol–water partition coefficient (Wildman–Crippen LogP) is 6.39. The average molecular weight is 539 g/mol. The Bertz CT molecular complexity index is 1280. The Morgan fingerprint density at radius 1 is 1.21 bits per heavy atom. The summed E-state index contributed by atoms with van der Waals surface area (Å²) in [5.41, 5.74) is -1.59. The van der Waals surface area contributed by atoms with E-state index in [9.17, 15) is 10.2 Å². The number of aliphatic hydroxyl groups excluding tert-OH is 1. The van der Waals surface area contributed by atoms with Crippen LogP contribution in [0.5, 0.6) is 5.75 Å². The van der Waals surface area contributed by atoms with Gasteiger partial charge in [-0.05, 0) is 68.6 Å². The molecule has 4 aliphatic rings. The molecule has 3 N–H and O–H groups in total. The molecule has 7 heteroatoms. The Morgan fingerprint density at radius 3 is 2.71 bits per heavy atom. The summed E-state index contributed by atoms with van der Waals surface area (Å²) in [5, 5.41) is 30.2. The van der Waals surface area contributed by atoms with E-state index in [1.54, 1.807) is 7.11 Å². The molecular weight excluding hydrogens is 499 g/mol. The van der Waals surface area contributed by atoms with Crippen molar-refractivity contribution in [3.05, 3.63) is 64.7 Å². The van der Waals surface area contributed by atoms with Gasteiger partial charge in [-0.1, -0.05) is 49.8 Å². The van der Waals surface area contributed by atoms with E-state index in [1.165, 1.54) is 11.3 Å². The minimum atomic E-state index is -1.74. The lowest BCUT2D eigenvalue weighted by Gasteiger charge is -2.62. The van der Waals surface area contributed by atoms with Gasteiger partial charge in [-0.15, -0.1) is 11.3 Å². The average Bonchev–Trinajstić information content (AvgIpc) is 3.46. The Hall–Kier alpha value is -2.22. The fourth-order valence-electron chi connectivity index (χ4n) is 8.68. The van der Waals surface area contributed by atoms with Crippen LogP contribution in [-0.4, -0.2) is 34.1 Å². The molecule has 1 heterocycles. The number of ether oxygens (including phenoxy) is 1. The van der Waals surface area contributed by atoms with E-state index in [0.717, 1.165) is 41.3 Å². The van der Waals surface area contributed by atoms with Crippen LogP contribution >= 0.6 is 11.3 Å². The second-order valence-electron chi connectivity index (χ2n) is 12.4. The summed E-state index contributed by atoms with van der Waals surface area (Å²) < 4.78 is 22.6. The molecule has 5 nitrogen and oxygen atoms in total. The molecule has 0 spiro atoms. The van der Waals surface area contributed by atoms with E-state index < -0.39 is 28.2 Å². The number of nitrogens with zero attached hydrogens (tertiary/aromatic N) is 1. The van der Waals surface area contributed by atoms with Crippen molar-refractivity contribution in [2.75, 3.05) is 12.4 Å². The molecule has 2 aromatic rings. The number of methoxy groups -OCH3 is 1. The molecule has 6 rings (SSSR count).